The molecule has 1 aromatic heterocycles. The fourth-order valence-electron chi connectivity index (χ4n) is 2.86. The van der Waals surface area contributed by atoms with Crippen LogP contribution in [0.4, 0.5) is 0 Å². The summed E-state index contributed by atoms with van der Waals surface area (Å²) in [5.74, 6) is 0.320. The van der Waals surface area contributed by atoms with Crippen LogP contribution in [0.15, 0.2) is 24.5 Å². The van der Waals surface area contributed by atoms with E-state index in [-0.39, 0.29) is 12.0 Å². The van der Waals surface area contributed by atoms with Crippen LogP contribution in [-0.2, 0) is 0 Å². The van der Waals surface area contributed by atoms with Gasteiger partial charge in [0.05, 0.1) is 23.5 Å². The molecule has 1 amide bonds. The molecule has 2 aromatic rings. The van der Waals surface area contributed by atoms with E-state index in [1.807, 2.05) is 12.1 Å². The van der Waals surface area contributed by atoms with Gasteiger partial charge in [-0.3, -0.25) is 4.79 Å². The minimum Gasteiger partial charge on any atom is -0.393 e. The van der Waals surface area contributed by atoms with Gasteiger partial charge in [-0.1, -0.05) is 6.42 Å². The molecule has 2 unspecified atom stereocenters. The standard InChI is InChI=1S/C15H19N3O2/c19-12-3-1-2-10(6-12)8-16-15(20)11-4-5-13-14(7-11)18-9-17-13/h4-5,7,9-10,12,19H,1-3,6,8H2,(H,16,20)(H,17,18). The highest BCUT2D eigenvalue weighted by atomic mass is 16.3. The van der Waals surface area contributed by atoms with Crippen LogP contribution in [-0.4, -0.2) is 33.6 Å². The lowest BCUT2D eigenvalue weighted by atomic mass is 9.87. The highest BCUT2D eigenvalue weighted by molar-refractivity contribution is 5.97. The summed E-state index contributed by atoms with van der Waals surface area (Å²) >= 11 is 0. The van der Waals surface area contributed by atoms with Gasteiger partial charge in [-0.2, -0.15) is 0 Å². The maximum Gasteiger partial charge on any atom is 0.251 e. The molecule has 0 spiro atoms. The zero-order valence-electron chi connectivity index (χ0n) is 11.3. The molecule has 1 aromatic carbocycles. The Morgan fingerprint density at radius 2 is 2.35 bits per heavy atom. The van der Waals surface area contributed by atoms with Crippen molar-refractivity contribution in [1.29, 1.82) is 0 Å². The topological polar surface area (TPSA) is 78.0 Å². The van der Waals surface area contributed by atoms with Crippen LogP contribution in [0.25, 0.3) is 11.0 Å². The Morgan fingerprint density at radius 3 is 3.20 bits per heavy atom. The van der Waals surface area contributed by atoms with Gasteiger partial charge in [0.2, 0.25) is 0 Å². The van der Waals surface area contributed by atoms with E-state index in [1.165, 1.54) is 0 Å². The highest BCUT2D eigenvalue weighted by Crippen LogP contribution is 2.23. The van der Waals surface area contributed by atoms with Gasteiger partial charge in [0, 0.05) is 12.1 Å². The number of H-pyrrole nitrogens is 1. The molecule has 2 atom stereocenters. The molecule has 5 heteroatoms. The largest absolute Gasteiger partial charge is 0.393 e. The summed E-state index contributed by atoms with van der Waals surface area (Å²) in [7, 11) is 0. The number of fused-ring (bicyclic) bond motifs is 1. The van der Waals surface area contributed by atoms with E-state index in [2.05, 4.69) is 15.3 Å². The Labute approximate surface area is 117 Å². The number of benzene rings is 1. The van der Waals surface area contributed by atoms with Gasteiger partial charge in [0.15, 0.2) is 0 Å². The minimum atomic E-state index is -0.202. The Morgan fingerprint density at radius 1 is 1.45 bits per heavy atom. The lowest BCUT2D eigenvalue weighted by molar-refractivity contribution is 0.0874. The monoisotopic (exact) mass is 273 g/mol. The van der Waals surface area contributed by atoms with Crippen molar-refractivity contribution in [2.75, 3.05) is 6.54 Å². The van der Waals surface area contributed by atoms with Gasteiger partial charge >= 0.3 is 0 Å². The Balaban J connectivity index is 1.60. The zero-order valence-corrected chi connectivity index (χ0v) is 11.3. The molecular formula is C15H19N3O2. The number of aromatic amines is 1. The van der Waals surface area contributed by atoms with Crippen molar-refractivity contribution in [3.05, 3.63) is 30.1 Å². The number of imidazole rings is 1. The third-order valence-electron chi connectivity index (χ3n) is 3.99. The maximum atomic E-state index is 12.1. The van der Waals surface area contributed by atoms with Crippen LogP contribution in [0, 0.1) is 5.92 Å². The molecule has 0 radical (unpaired) electrons. The molecule has 1 aliphatic carbocycles. The molecule has 3 N–H and O–H groups in total. The fraction of sp³-hybridized carbons (Fsp3) is 0.467. The number of hydrogen-bond donors (Lipinski definition) is 3. The van der Waals surface area contributed by atoms with Gasteiger partial charge in [-0.25, -0.2) is 4.98 Å². The minimum absolute atomic E-state index is 0.0680. The van der Waals surface area contributed by atoms with Crippen molar-refractivity contribution in [3.63, 3.8) is 0 Å². The predicted octanol–water partition coefficient (Wildman–Crippen LogP) is 1.84. The number of aromatic nitrogens is 2. The number of aliphatic hydroxyl groups excluding tert-OH is 1. The number of nitrogens with one attached hydrogen (secondary N) is 2. The van der Waals surface area contributed by atoms with E-state index in [4.69, 9.17) is 0 Å². The molecule has 5 nitrogen and oxygen atoms in total. The lowest BCUT2D eigenvalue weighted by Crippen LogP contribution is -2.32. The normalized spacial score (nSPS) is 22.9. The summed E-state index contributed by atoms with van der Waals surface area (Å²) in [4.78, 5) is 19.3. The van der Waals surface area contributed by atoms with E-state index in [9.17, 15) is 9.90 Å². The molecule has 20 heavy (non-hydrogen) atoms. The van der Waals surface area contributed by atoms with Gasteiger partial charge in [0.25, 0.3) is 5.91 Å². The van der Waals surface area contributed by atoms with Crippen molar-refractivity contribution < 1.29 is 9.90 Å². The Bertz CT molecular complexity index is 608. The second-order valence-electron chi connectivity index (χ2n) is 5.53. The molecule has 106 valence electrons. The van der Waals surface area contributed by atoms with E-state index in [0.29, 0.717) is 18.0 Å². The maximum absolute atomic E-state index is 12.1. The molecule has 0 aliphatic heterocycles. The average Bonchev–Trinajstić information content (AvgIpc) is 2.92. The van der Waals surface area contributed by atoms with Crippen LogP contribution >= 0.6 is 0 Å². The van der Waals surface area contributed by atoms with Gasteiger partial charge < -0.3 is 15.4 Å². The van der Waals surface area contributed by atoms with E-state index in [0.717, 1.165) is 36.7 Å². The average molecular weight is 273 g/mol. The summed E-state index contributed by atoms with van der Waals surface area (Å²) in [5, 5.41) is 12.6. The van der Waals surface area contributed by atoms with Gasteiger partial charge in [-0.15, -0.1) is 0 Å². The molecule has 0 saturated heterocycles. The summed E-state index contributed by atoms with van der Waals surface area (Å²) in [6.45, 7) is 0.636. The molecule has 1 saturated carbocycles. The van der Waals surface area contributed by atoms with E-state index < -0.39 is 0 Å². The second kappa shape index (κ2) is 5.63. The molecule has 1 fully saturated rings. The Kier molecular flexibility index (Phi) is 3.69. The first-order valence-electron chi connectivity index (χ1n) is 7.12. The molecule has 3 rings (SSSR count). The number of hydrogen-bond acceptors (Lipinski definition) is 3. The van der Waals surface area contributed by atoms with E-state index in [1.54, 1.807) is 12.4 Å². The van der Waals surface area contributed by atoms with Crippen molar-refractivity contribution in [2.45, 2.75) is 31.8 Å². The van der Waals surface area contributed by atoms with Crippen LogP contribution in [0.1, 0.15) is 36.0 Å². The predicted molar refractivity (Wildman–Crippen MR) is 76.4 cm³/mol. The highest BCUT2D eigenvalue weighted by Gasteiger charge is 2.20. The number of aliphatic hydroxyl groups is 1. The van der Waals surface area contributed by atoms with Crippen molar-refractivity contribution >= 4 is 16.9 Å². The second-order valence-corrected chi connectivity index (χ2v) is 5.53. The third-order valence-corrected chi connectivity index (χ3v) is 3.99. The quantitative estimate of drug-likeness (QED) is 0.798. The summed E-state index contributed by atoms with van der Waals surface area (Å²) < 4.78 is 0. The SMILES string of the molecule is O=C(NCC1CCCC(O)C1)c1ccc2nc[nH]c2c1. The lowest BCUT2D eigenvalue weighted by Gasteiger charge is -2.25. The zero-order chi connectivity index (χ0) is 13.9. The number of carbonyl (C=O) groups is 1. The number of rotatable bonds is 3. The van der Waals surface area contributed by atoms with Gasteiger partial charge in [-0.05, 0) is 43.4 Å². The van der Waals surface area contributed by atoms with Crippen LogP contribution < -0.4 is 5.32 Å². The van der Waals surface area contributed by atoms with Crippen LogP contribution in [0.5, 0.6) is 0 Å². The van der Waals surface area contributed by atoms with Crippen molar-refractivity contribution in [2.24, 2.45) is 5.92 Å². The third kappa shape index (κ3) is 2.82. The van der Waals surface area contributed by atoms with Crippen molar-refractivity contribution in [1.82, 2.24) is 15.3 Å². The summed E-state index contributed by atoms with van der Waals surface area (Å²) in [5.41, 5.74) is 2.36. The van der Waals surface area contributed by atoms with E-state index >= 15 is 0 Å². The molecule has 1 aliphatic rings. The number of amides is 1. The smallest absolute Gasteiger partial charge is 0.251 e. The molecule has 0 bridgehead atoms. The summed E-state index contributed by atoms with van der Waals surface area (Å²) in [6, 6.07) is 5.44. The number of carbonyl (C=O) groups excluding carboxylic acids is 1. The number of nitrogens with zero attached hydrogens (tertiary/aromatic N) is 1. The molecular weight excluding hydrogens is 254 g/mol. The summed E-state index contributed by atoms with van der Waals surface area (Å²) in [6.07, 6.45) is 5.22. The first-order valence-corrected chi connectivity index (χ1v) is 7.12. The first kappa shape index (κ1) is 13.1. The first-order chi connectivity index (χ1) is 9.72. The van der Waals surface area contributed by atoms with Crippen molar-refractivity contribution in [3.8, 4) is 0 Å². The fourth-order valence-corrected chi connectivity index (χ4v) is 2.86. The van der Waals surface area contributed by atoms with Gasteiger partial charge in [0.1, 0.15) is 0 Å². The molecule has 1 heterocycles. The van der Waals surface area contributed by atoms with Crippen LogP contribution in [0.3, 0.4) is 0 Å². The Hall–Kier alpha value is -1.88. The van der Waals surface area contributed by atoms with Crippen LogP contribution in [0.2, 0.25) is 0 Å².